The molecule has 0 bridgehead atoms. The number of ether oxygens (including phenoxy) is 2. The van der Waals surface area contributed by atoms with Gasteiger partial charge in [0.1, 0.15) is 17.0 Å². The molecule has 1 fully saturated rings. The predicted octanol–water partition coefficient (Wildman–Crippen LogP) is 4.72. The Morgan fingerprint density at radius 3 is 2.59 bits per heavy atom. The van der Waals surface area contributed by atoms with E-state index in [0.717, 1.165) is 54.9 Å². The van der Waals surface area contributed by atoms with Gasteiger partial charge < -0.3 is 14.4 Å². The lowest BCUT2D eigenvalue weighted by molar-refractivity contribution is 0.174. The minimum atomic E-state index is 0.317. The zero-order valence-corrected chi connectivity index (χ0v) is 18.8. The Kier molecular flexibility index (Phi) is 4.92. The van der Waals surface area contributed by atoms with Gasteiger partial charge >= 0.3 is 0 Å². The van der Waals surface area contributed by atoms with Crippen LogP contribution in [0.1, 0.15) is 11.1 Å². The van der Waals surface area contributed by atoms with Gasteiger partial charge in [0.25, 0.3) is 0 Å². The van der Waals surface area contributed by atoms with E-state index in [9.17, 15) is 0 Å². The van der Waals surface area contributed by atoms with Gasteiger partial charge in [0.2, 0.25) is 6.79 Å². The fourth-order valence-electron chi connectivity index (χ4n) is 4.46. The highest BCUT2D eigenvalue weighted by Crippen LogP contribution is 2.38. The van der Waals surface area contributed by atoms with Gasteiger partial charge in [-0.15, -0.1) is 11.3 Å². The number of piperazine rings is 1. The molecule has 0 N–H and O–H groups in total. The number of hydrogen-bond donors (Lipinski definition) is 0. The fourth-order valence-corrected chi connectivity index (χ4v) is 5.37. The summed E-state index contributed by atoms with van der Waals surface area (Å²) in [6.07, 6.45) is 1.70. The van der Waals surface area contributed by atoms with E-state index in [0.29, 0.717) is 6.79 Å². The molecule has 0 unspecified atom stereocenters. The van der Waals surface area contributed by atoms with Crippen molar-refractivity contribution in [1.82, 2.24) is 14.9 Å². The molecule has 0 amide bonds. The van der Waals surface area contributed by atoms with Crippen molar-refractivity contribution in [2.45, 2.75) is 13.5 Å². The molecule has 1 saturated heterocycles. The molecule has 0 aliphatic carbocycles. The van der Waals surface area contributed by atoms with Gasteiger partial charge in [-0.1, -0.05) is 35.9 Å². The first-order chi connectivity index (χ1) is 15.7. The van der Waals surface area contributed by atoms with Crippen LogP contribution in [0.2, 0.25) is 0 Å². The summed E-state index contributed by atoms with van der Waals surface area (Å²) in [5.41, 5.74) is 4.97. The van der Waals surface area contributed by atoms with E-state index in [1.54, 1.807) is 17.7 Å². The molecule has 4 heterocycles. The first kappa shape index (κ1) is 19.5. The number of nitrogens with zero attached hydrogens (tertiary/aromatic N) is 4. The lowest BCUT2D eigenvalue weighted by atomic mass is 10.0. The van der Waals surface area contributed by atoms with Gasteiger partial charge in [-0.05, 0) is 30.2 Å². The molecule has 32 heavy (non-hydrogen) atoms. The molecule has 2 aliphatic heterocycles. The minimum absolute atomic E-state index is 0.317. The molecule has 0 saturated carbocycles. The van der Waals surface area contributed by atoms with Crippen LogP contribution < -0.4 is 14.4 Å². The summed E-state index contributed by atoms with van der Waals surface area (Å²) in [5.74, 6) is 2.74. The van der Waals surface area contributed by atoms with Crippen molar-refractivity contribution >= 4 is 27.4 Å². The number of fused-ring (bicyclic) bond motifs is 2. The largest absolute Gasteiger partial charge is 0.454 e. The maximum atomic E-state index is 5.53. The normalized spacial score (nSPS) is 16.1. The molecule has 4 aromatic rings. The molecule has 2 aliphatic rings. The molecular formula is C25H24N4O2S. The smallest absolute Gasteiger partial charge is 0.231 e. The zero-order valence-electron chi connectivity index (χ0n) is 18.0. The number of benzene rings is 2. The van der Waals surface area contributed by atoms with Crippen LogP contribution in [0.3, 0.4) is 0 Å². The average Bonchev–Trinajstić information content (AvgIpc) is 3.47. The van der Waals surface area contributed by atoms with Crippen LogP contribution in [-0.2, 0) is 6.54 Å². The standard InChI is InChI=1S/C25H24N4O2S/c1-17-2-5-19(6-3-17)20-14-32-25-23(20)24(26-15-27-25)29-10-8-28(9-11-29)13-18-4-7-21-22(12-18)31-16-30-21/h2-7,12,14-15H,8-11,13,16H2,1H3. The highest BCUT2D eigenvalue weighted by molar-refractivity contribution is 7.17. The van der Waals surface area contributed by atoms with E-state index in [2.05, 4.69) is 63.5 Å². The SMILES string of the molecule is Cc1ccc(-c2csc3ncnc(N4CCN(Cc5ccc6c(c5)OCO6)CC4)c23)cc1. The first-order valence-electron chi connectivity index (χ1n) is 10.9. The van der Waals surface area contributed by atoms with Gasteiger partial charge in [0, 0.05) is 43.7 Å². The third-order valence-electron chi connectivity index (χ3n) is 6.23. The van der Waals surface area contributed by atoms with E-state index in [1.807, 2.05) is 6.07 Å². The second-order valence-electron chi connectivity index (χ2n) is 8.34. The monoisotopic (exact) mass is 444 g/mol. The maximum absolute atomic E-state index is 5.53. The molecule has 2 aromatic carbocycles. The first-order valence-corrected chi connectivity index (χ1v) is 11.8. The minimum Gasteiger partial charge on any atom is -0.454 e. The summed E-state index contributed by atoms with van der Waals surface area (Å²) in [6, 6.07) is 15.0. The number of aromatic nitrogens is 2. The Morgan fingerprint density at radius 1 is 0.938 bits per heavy atom. The van der Waals surface area contributed by atoms with E-state index < -0.39 is 0 Å². The van der Waals surface area contributed by atoms with Crippen molar-refractivity contribution in [3.8, 4) is 22.6 Å². The maximum Gasteiger partial charge on any atom is 0.231 e. The average molecular weight is 445 g/mol. The molecule has 0 spiro atoms. The van der Waals surface area contributed by atoms with Gasteiger partial charge in [0.05, 0.1) is 5.39 Å². The molecule has 7 heteroatoms. The number of thiophene rings is 1. The fraction of sp³-hybridized carbons (Fsp3) is 0.280. The Balaban J connectivity index is 1.21. The molecule has 6 rings (SSSR count). The van der Waals surface area contributed by atoms with Crippen molar-refractivity contribution in [3.63, 3.8) is 0 Å². The van der Waals surface area contributed by atoms with Crippen LogP contribution in [0, 0.1) is 6.92 Å². The second kappa shape index (κ2) is 8.07. The third kappa shape index (κ3) is 3.57. The summed E-state index contributed by atoms with van der Waals surface area (Å²) in [4.78, 5) is 15.2. The zero-order chi connectivity index (χ0) is 21.5. The highest BCUT2D eigenvalue weighted by atomic mass is 32.1. The number of hydrogen-bond acceptors (Lipinski definition) is 7. The molecule has 2 aromatic heterocycles. The quantitative estimate of drug-likeness (QED) is 0.454. The summed E-state index contributed by atoms with van der Waals surface area (Å²) < 4.78 is 11.0. The van der Waals surface area contributed by atoms with Gasteiger partial charge in [-0.2, -0.15) is 0 Å². The second-order valence-corrected chi connectivity index (χ2v) is 9.20. The number of aryl methyl sites for hydroxylation is 1. The molecule has 6 nitrogen and oxygen atoms in total. The van der Waals surface area contributed by atoms with E-state index >= 15 is 0 Å². The molecular weight excluding hydrogens is 420 g/mol. The van der Waals surface area contributed by atoms with Crippen LogP contribution in [0.25, 0.3) is 21.3 Å². The third-order valence-corrected chi connectivity index (χ3v) is 7.11. The molecule has 162 valence electrons. The van der Waals surface area contributed by atoms with Crippen molar-refractivity contribution in [2.75, 3.05) is 37.9 Å². The van der Waals surface area contributed by atoms with Crippen molar-refractivity contribution in [1.29, 1.82) is 0 Å². The van der Waals surface area contributed by atoms with Crippen molar-refractivity contribution in [3.05, 3.63) is 65.3 Å². The topological polar surface area (TPSA) is 50.7 Å². The Bertz CT molecular complexity index is 1260. The predicted molar refractivity (Wildman–Crippen MR) is 128 cm³/mol. The summed E-state index contributed by atoms with van der Waals surface area (Å²) in [6.45, 7) is 7.22. The van der Waals surface area contributed by atoms with Crippen molar-refractivity contribution < 1.29 is 9.47 Å². The molecule has 0 radical (unpaired) electrons. The van der Waals surface area contributed by atoms with Crippen LogP contribution in [0.5, 0.6) is 11.5 Å². The van der Waals surface area contributed by atoms with Gasteiger partial charge in [-0.3, -0.25) is 4.90 Å². The Morgan fingerprint density at radius 2 is 1.75 bits per heavy atom. The number of anilines is 1. The van der Waals surface area contributed by atoms with Gasteiger partial charge in [0.15, 0.2) is 11.5 Å². The summed E-state index contributed by atoms with van der Waals surface area (Å²) >= 11 is 1.69. The van der Waals surface area contributed by atoms with E-state index in [1.165, 1.54) is 27.6 Å². The van der Waals surface area contributed by atoms with Gasteiger partial charge in [-0.25, -0.2) is 9.97 Å². The van der Waals surface area contributed by atoms with Crippen LogP contribution in [0.15, 0.2) is 54.2 Å². The van der Waals surface area contributed by atoms with Crippen LogP contribution in [-0.4, -0.2) is 47.8 Å². The van der Waals surface area contributed by atoms with Crippen LogP contribution >= 0.6 is 11.3 Å². The van der Waals surface area contributed by atoms with E-state index in [4.69, 9.17) is 14.5 Å². The Hall–Kier alpha value is -3.16. The van der Waals surface area contributed by atoms with E-state index in [-0.39, 0.29) is 0 Å². The lowest BCUT2D eigenvalue weighted by Gasteiger charge is -2.35. The number of rotatable bonds is 4. The Labute approximate surface area is 191 Å². The molecule has 0 atom stereocenters. The van der Waals surface area contributed by atoms with Crippen molar-refractivity contribution in [2.24, 2.45) is 0 Å². The van der Waals surface area contributed by atoms with Crippen LogP contribution in [0.4, 0.5) is 5.82 Å². The highest BCUT2D eigenvalue weighted by Gasteiger charge is 2.23. The summed E-state index contributed by atoms with van der Waals surface area (Å²) in [5, 5.41) is 3.38. The summed E-state index contributed by atoms with van der Waals surface area (Å²) in [7, 11) is 0. The lowest BCUT2D eigenvalue weighted by Crippen LogP contribution is -2.46.